The maximum atomic E-state index is 6.38. The largest absolute Gasteiger partial charge is 0.501 e. The summed E-state index contributed by atoms with van der Waals surface area (Å²) in [7, 11) is -2.56. The normalized spacial score (nSPS) is 12.2. The number of hydrogen-bond donors (Lipinski definition) is 0. The second kappa shape index (κ2) is 20.3. The minimum atomic E-state index is -2.56. The third kappa shape index (κ3) is 15.0. The fourth-order valence-electron chi connectivity index (χ4n) is 3.08. The van der Waals surface area contributed by atoms with Crippen molar-refractivity contribution in [3.63, 3.8) is 0 Å². The smallest absolute Gasteiger partial charge is 0.373 e. The number of nitrogens with zero attached hydrogens (tertiary/aromatic N) is 1. The number of hydrogen-bond acceptors (Lipinski definition) is 4. The second-order valence-corrected chi connectivity index (χ2v) is 10.7. The molecule has 0 spiro atoms. The molecule has 0 rings (SSSR count). The van der Waals surface area contributed by atoms with E-state index in [0.717, 1.165) is 77.4 Å². The van der Waals surface area contributed by atoms with Gasteiger partial charge in [-0.05, 0) is 58.2 Å². The lowest BCUT2D eigenvalue weighted by Gasteiger charge is -2.31. The van der Waals surface area contributed by atoms with Gasteiger partial charge in [0.15, 0.2) is 0 Å². The Labute approximate surface area is 178 Å². The van der Waals surface area contributed by atoms with E-state index in [9.17, 15) is 0 Å². The molecule has 0 aliphatic carbocycles. The van der Waals surface area contributed by atoms with Gasteiger partial charge in [-0.1, -0.05) is 66.7 Å². The molecule has 0 saturated carbocycles. The topological polar surface area (TPSA) is 30.9 Å². The van der Waals surface area contributed by atoms with E-state index in [1.807, 2.05) is 0 Å². The summed E-state index contributed by atoms with van der Waals surface area (Å²) in [6.45, 7) is 17.1. The number of rotatable bonds is 22. The summed E-state index contributed by atoms with van der Waals surface area (Å²) in [5.41, 5.74) is 0. The van der Waals surface area contributed by atoms with Crippen molar-refractivity contribution in [2.45, 2.75) is 111 Å². The van der Waals surface area contributed by atoms with E-state index in [0.29, 0.717) is 0 Å². The van der Waals surface area contributed by atoms with Crippen LogP contribution >= 0.6 is 0 Å². The summed E-state index contributed by atoms with van der Waals surface area (Å²) < 4.78 is 19.2. The lowest BCUT2D eigenvalue weighted by atomic mass is 10.2. The molecule has 0 atom stereocenters. The Bertz CT molecular complexity index is 284. The molecule has 0 radical (unpaired) electrons. The van der Waals surface area contributed by atoms with Crippen LogP contribution in [0.2, 0.25) is 6.04 Å². The average Bonchev–Trinajstić information content (AvgIpc) is 2.70. The molecule has 0 aromatic heterocycles. The van der Waals surface area contributed by atoms with Gasteiger partial charge in [0.2, 0.25) is 0 Å². The predicted molar refractivity (Wildman–Crippen MR) is 124 cm³/mol. The van der Waals surface area contributed by atoms with Crippen molar-refractivity contribution in [2.24, 2.45) is 0 Å². The molecular weight excluding hydrogens is 366 g/mol. The summed E-state index contributed by atoms with van der Waals surface area (Å²) >= 11 is 0. The van der Waals surface area contributed by atoms with Crippen LogP contribution in [0.15, 0.2) is 0 Å². The molecule has 5 heteroatoms. The Morgan fingerprint density at radius 1 is 0.500 bits per heavy atom. The van der Waals surface area contributed by atoms with Crippen LogP contribution in [0.1, 0.15) is 105 Å². The van der Waals surface area contributed by atoms with E-state index in [2.05, 4.69) is 39.5 Å². The van der Waals surface area contributed by atoms with Gasteiger partial charge in [-0.2, -0.15) is 0 Å². The third-order valence-corrected chi connectivity index (χ3v) is 7.97. The minimum Gasteiger partial charge on any atom is -0.373 e. The van der Waals surface area contributed by atoms with E-state index in [1.54, 1.807) is 0 Å². The fourth-order valence-corrected chi connectivity index (χ4v) is 5.72. The molecule has 170 valence electrons. The molecule has 4 nitrogen and oxygen atoms in total. The third-order valence-electron chi connectivity index (χ3n) is 5.07. The van der Waals surface area contributed by atoms with E-state index >= 15 is 0 Å². The number of unbranched alkanes of at least 4 members (excludes halogenated alkanes) is 5. The molecule has 28 heavy (non-hydrogen) atoms. The minimum absolute atomic E-state index is 0.774. The van der Waals surface area contributed by atoms with Crippen LogP contribution < -0.4 is 0 Å². The monoisotopic (exact) mass is 417 g/mol. The SMILES string of the molecule is CCCCO[Si](CCCN(CCCC)CCCC)(OCCCC)OCCCC. The molecule has 0 aromatic carbocycles. The van der Waals surface area contributed by atoms with Crippen LogP contribution in [0.5, 0.6) is 0 Å². The summed E-state index contributed by atoms with van der Waals surface area (Å²) in [5, 5.41) is 0. The highest BCUT2D eigenvalue weighted by molar-refractivity contribution is 6.60. The molecule has 0 unspecified atom stereocenters. The van der Waals surface area contributed by atoms with Gasteiger partial charge < -0.3 is 18.2 Å². The molecule has 0 heterocycles. The van der Waals surface area contributed by atoms with Crippen molar-refractivity contribution in [3.8, 4) is 0 Å². The molecule has 0 bridgehead atoms. The standard InChI is InChI=1S/C23H51NO3Si/c1-6-11-17-24(18-12-7-2)19-16-23-28(25-20-13-8-3,26-21-14-9-4)27-22-15-10-5/h6-23H2,1-5H3. The maximum absolute atomic E-state index is 6.38. The van der Waals surface area contributed by atoms with Crippen LogP contribution in [0, 0.1) is 0 Å². The van der Waals surface area contributed by atoms with Crippen molar-refractivity contribution < 1.29 is 13.3 Å². The first kappa shape index (κ1) is 28.1. The fraction of sp³-hybridized carbons (Fsp3) is 1.00. The quantitative estimate of drug-likeness (QED) is 0.145. The zero-order valence-electron chi connectivity index (χ0n) is 19.9. The van der Waals surface area contributed by atoms with Gasteiger partial charge in [0, 0.05) is 25.9 Å². The van der Waals surface area contributed by atoms with E-state index in [1.165, 1.54) is 38.8 Å². The molecule has 0 fully saturated rings. The molecule has 0 aromatic rings. The zero-order valence-corrected chi connectivity index (χ0v) is 20.9. The van der Waals surface area contributed by atoms with Crippen LogP contribution in [-0.2, 0) is 13.3 Å². The Morgan fingerprint density at radius 2 is 0.857 bits per heavy atom. The van der Waals surface area contributed by atoms with Crippen molar-refractivity contribution in [1.29, 1.82) is 0 Å². The molecule has 0 N–H and O–H groups in total. The van der Waals surface area contributed by atoms with Crippen molar-refractivity contribution in [2.75, 3.05) is 39.5 Å². The Kier molecular flexibility index (Phi) is 20.4. The van der Waals surface area contributed by atoms with Gasteiger partial charge in [-0.15, -0.1) is 0 Å². The summed E-state index contributed by atoms with van der Waals surface area (Å²) in [6.07, 6.45) is 12.9. The second-order valence-electron chi connectivity index (χ2n) is 7.94. The highest BCUT2D eigenvalue weighted by Gasteiger charge is 2.40. The molecule has 0 saturated heterocycles. The molecular formula is C23H51NO3Si. The Hall–Kier alpha value is 0.0569. The van der Waals surface area contributed by atoms with Crippen molar-refractivity contribution >= 4 is 8.80 Å². The Balaban J connectivity index is 4.83. The summed E-state index contributed by atoms with van der Waals surface area (Å²) in [5.74, 6) is 0. The van der Waals surface area contributed by atoms with Gasteiger partial charge in [-0.3, -0.25) is 0 Å². The van der Waals surface area contributed by atoms with E-state index in [4.69, 9.17) is 13.3 Å². The van der Waals surface area contributed by atoms with Crippen molar-refractivity contribution in [3.05, 3.63) is 0 Å². The first-order valence-electron chi connectivity index (χ1n) is 12.3. The molecule has 0 amide bonds. The van der Waals surface area contributed by atoms with E-state index in [-0.39, 0.29) is 0 Å². The molecule has 0 aliphatic heterocycles. The summed E-state index contributed by atoms with van der Waals surface area (Å²) in [6, 6.07) is 0.957. The average molecular weight is 418 g/mol. The van der Waals surface area contributed by atoms with Gasteiger partial charge in [-0.25, -0.2) is 0 Å². The zero-order chi connectivity index (χ0) is 20.9. The van der Waals surface area contributed by atoms with Crippen LogP contribution in [0.3, 0.4) is 0 Å². The van der Waals surface area contributed by atoms with Crippen LogP contribution in [-0.4, -0.2) is 53.2 Å². The lowest BCUT2D eigenvalue weighted by Crippen LogP contribution is -2.47. The van der Waals surface area contributed by atoms with Crippen LogP contribution in [0.25, 0.3) is 0 Å². The van der Waals surface area contributed by atoms with Gasteiger partial charge >= 0.3 is 8.80 Å². The maximum Gasteiger partial charge on any atom is 0.501 e. The molecule has 0 aliphatic rings. The van der Waals surface area contributed by atoms with E-state index < -0.39 is 8.80 Å². The lowest BCUT2D eigenvalue weighted by molar-refractivity contribution is 0.0550. The Morgan fingerprint density at radius 3 is 1.21 bits per heavy atom. The predicted octanol–water partition coefficient (Wildman–Crippen LogP) is 6.67. The van der Waals surface area contributed by atoms with Gasteiger partial charge in [0.05, 0.1) is 0 Å². The van der Waals surface area contributed by atoms with Gasteiger partial charge in [0.1, 0.15) is 0 Å². The first-order valence-corrected chi connectivity index (χ1v) is 14.2. The van der Waals surface area contributed by atoms with Crippen molar-refractivity contribution in [1.82, 2.24) is 4.90 Å². The highest BCUT2D eigenvalue weighted by Crippen LogP contribution is 2.21. The van der Waals surface area contributed by atoms with Gasteiger partial charge in [0.25, 0.3) is 0 Å². The highest BCUT2D eigenvalue weighted by atomic mass is 28.4. The summed E-state index contributed by atoms with van der Waals surface area (Å²) in [4.78, 5) is 2.64. The first-order chi connectivity index (χ1) is 13.7. The van der Waals surface area contributed by atoms with Crippen LogP contribution in [0.4, 0.5) is 0 Å².